The van der Waals surface area contributed by atoms with Crippen LogP contribution in [0.15, 0.2) is 18.3 Å². The molecule has 4 nitrogen and oxygen atoms in total. The van der Waals surface area contributed by atoms with Gasteiger partial charge in [0.2, 0.25) is 0 Å². The second-order valence-electron chi connectivity index (χ2n) is 5.78. The maximum Gasteiger partial charge on any atom is 0.337 e. The highest BCUT2D eigenvalue weighted by Gasteiger charge is 2.27. The minimum atomic E-state index is -0.894. The Labute approximate surface area is 108 Å². The summed E-state index contributed by atoms with van der Waals surface area (Å²) in [5, 5.41) is 9.14. The van der Waals surface area contributed by atoms with Crippen molar-refractivity contribution in [3.8, 4) is 0 Å². The summed E-state index contributed by atoms with van der Waals surface area (Å²) in [6, 6.07) is 3.30. The summed E-state index contributed by atoms with van der Waals surface area (Å²) in [5.74, 6) is -0.894. The highest BCUT2D eigenvalue weighted by molar-refractivity contribution is 5.88. The summed E-state index contributed by atoms with van der Waals surface area (Å²) in [5.41, 5.74) is 1.31. The van der Waals surface area contributed by atoms with Gasteiger partial charge in [0.1, 0.15) is 0 Å². The van der Waals surface area contributed by atoms with Crippen molar-refractivity contribution in [2.24, 2.45) is 5.41 Å². The monoisotopic (exact) mass is 248 g/mol. The maximum absolute atomic E-state index is 11.1. The van der Waals surface area contributed by atoms with Crippen LogP contribution in [0.5, 0.6) is 0 Å². The highest BCUT2D eigenvalue weighted by Crippen LogP contribution is 2.29. The molecule has 1 fully saturated rings. The van der Waals surface area contributed by atoms with Crippen LogP contribution in [0.2, 0.25) is 0 Å². The van der Waals surface area contributed by atoms with Gasteiger partial charge in [0, 0.05) is 19.3 Å². The van der Waals surface area contributed by atoms with Crippen LogP contribution in [-0.4, -0.2) is 34.0 Å². The molecule has 1 saturated heterocycles. The molecule has 0 aromatic carbocycles. The molecule has 4 heteroatoms. The predicted octanol–water partition coefficient (Wildman–Crippen LogP) is 2.40. The van der Waals surface area contributed by atoms with Crippen LogP contribution in [0.3, 0.4) is 0 Å². The quantitative estimate of drug-likeness (QED) is 0.892. The Morgan fingerprint density at radius 2 is 2.33 bits per heavy atom. The Morgan fingerprint density at radius 1 is 1.56 bits per heavy atom. The van der Waals surface area contributed by atoms with E-state index >= 15 is 0 Å². The molecule has 2 heterocycles. The summed E-state index contributed by atoms with van der Waals surface area (Å²) in [6.07, 6.45) is 4.07. The van der Waals surface area contributed by atoms with Gasteiger partial charge in [-0.2, -0.15) is 0 Å². The maximum atomic E-state index is 11.1. The second-order valence-corrected chi connectivity index (χ2v) is 5.78. The number of aromatic carboxylic acids is 1. The molecule has 1 aromatic rings. The van der Waals surface area contributed by atoms with Crippen molar-refractivity contribution in [3.05, 3.63) is 29.6 Å². The average molecular weight is 248 g/mol. The number of carbonyl (C=O) groups is 1. The van der Waals surface area contributed by atoms with E-state index in [1.165, 1.54) is 12.8 Å². The smallest absolute Gasteiger partial charge is 0.337 e. The van der Waals surface area contributed by atoms with Crippen molar-refractivity contribution in [3.63, 3.8) is 0 Å². The van der Waals surface area contributed by atoms with Crippen LogP contribution >= 0.6 is 0 Å². The first kappa shape index (κ1) is 13.0. The van der Waals surface area contributed by atoms with Crippen LogP contribution in [0.4, 0.5) is 0 Å². The van der Waals surface area contributed by atoms with E-state index in [9.17, 15) is 4.79 Å². The number of hydrogen-bond acceptors (Lipinski definition) is 3. The summed E-state index contributed by atoms with van der Waals surface area (Å²) >= 11 is 0. The summed E-state index contributed by atoms with van der Waals surface area (Å²) in [4.78, 5) is 17.7. The van der Waals surface area contributed by atoms with Crippen molar-refractivity contribution >= 4 is 5.97 Å². The molecule has 0 spiro atoms. The number of piperidine rings is 1. The summed E-state index contributed by atoms with van der Waals surface area (Å²) < 4.78 is 0. The molecule has 0 radical (unpaired) electrons. The van der Waals surface area contributed by atoms with Crippen molar-refractivity contribution in [1.82, 2.24) is 9.88 Å². The topological polar surface area (TPSA) is 53.4 Å². The van der Waals surface area contributed by atoms with E-state index in [1.807, 2.05) is 0 Å². The number of carboxylic acid groups (broad SMARTS) is 1. The molecular formula is C14H20N2O2. The van der Waals surface area contributed by atoms with E-state index in [4.69, 9.17) is 5.11 Å². The third-order valence-electron chi connectivity index (χ3n) is 3.47. The van der Waals surface area contributed by atoms with Gasteiger partial charge >= 0.3 is 5.97 Å². The largest absolute Gasteiger partial charge is 0.478 e. The molecule has 1 aliphatic rings. The average Bonchev–Trinajstić information content (AvgIpc) is 2.28. The van der Waals surface area contributed by atoms with Gasteiger partial charge in [-0.15, -0.1) is 0 Å². The van der Waals surface area contributed by atoms with Crippen molar-refractivity contribution in [2.75, 3.05) is 13.1 Å². The van der Waals surface area contributed by atoms with Crippen molar-refractivity contribution < 1.29 is 9.90 Å². The van der Waals surface area contributed by atoms with Gasteiger partial charge in [-0.25, -0.2) is 4.79 Å². The number of nitrogens with zero attached hydrogens (tertiary/aromatic N) is 2. The highest BCUT2D eigenvalue weighted by atomic mass is 16.4. The summed E-state index contributed by atoms with van der Waals surface area (Å²) in [6.45, 7) is 7.18. The molecule has 0 bridgehead atoms. The van der Waals surface area contributed by atoms with E-state index in [1.54, 1.807) is 18.3 Å². The fraction of sp³-hybridized carbons (Fsp3) is 0.571. The molecule has 0 atom stereocenters. The van der Waals surface area contributed by atoms with Gasteiger partial charge in [-0.1, -0.05) is 13.8 Å². The number of hydrogen-bond donors (Lipinski definition) is 1. The van der Waals surface area contributed by atoms with Gasteiger partial charge in [0.05, 0.1) is 11.3 Å². The van der Waals surface area contributed by atoms with Gasteiger partial charge in [0.25, 0.3) is 0 Å². The van der Waals surface area contributed by atoms with Crippen molar-refractivity contribution in [2.45, 2.75) is 33.2 Å². The van der Waals surface area contributed by atoms with E-state index in [0.717, 1.165) is 13.1 Å². The molecule has 1 aliphatic heterocycles. The van der Waals surface area contributed by atoms with E-state index in [0.29, 0.717) is 23.2 Å². The fourth-order valence-corrected chi connectivity index (χ4v) is 2.65. The molecule has 1 N–H and O–H groups in total. The molecule has 2 rings (SSSR count). The van der Waals surface area contributed by atoms with Crippen LogP contribution in [-0.2, 0) is 6.54 Å². The van der Waals surface area contributed by atoms with Crippen molar-refractivity contribution in [1.29, 1.82) is 0 Å². The SMILES string of the molecule is CC1(C)CCCN(Cc2ncccc2C(=O)O)C1. The van der Waals surface area contributed by atoms with Gasteiger partial charge in [-0.05, 0) is 36.9 Å². The van der Waals surface area contributed by atoms with Gasteiger partial charge in [-0.3, -0.25) is 9.88 Å². The number of rotatable bonds is 3. The van der Waals surface area contributed by atoms with Crippen LogP contribution in [0, 0.1) is 5.41 Å². The van der Waals surface area contributed by atoms with E-state index in [2.05, 4.69) is 23.7 Å². The Bertz CT molecular complexity index is 443. The Morgan fingerprint density at radius 3 is 3.00 bits per heavy atom. The first-order valence-corrected chi connectivity index (χ1v) is 6.37. The number of likely N-dealkylation sites (tertiary alicyclic amines) is 1. The molecule has 0 aliphatic carbocycles. The lowest BCUT2D eigenvalue weighted by atomic mass is 9.84. The molecular weight excluding hydrogens is 228 g/mol. The van der Waals surface area contributed by atoms with Gasteiger partial charge < -0.3 is 5.11 Å². The zero-order valence-corrected chi connectivity index (χ0v) is 11.0. The van der Waals surface area contributed by atoms with E-state index in [-0.39, 0.29) is 0 Å². The normalized spacial score (nSPS) is 19.7. The molecule has 1 aromatic heterocycles. The fourth-order valence-electron chi connectivity index (χ4n) is 2.65. The molecule has 0 unspecified atom stereocenters. The molecule has 18 heavy (non-hydrogen) atoms. The Balaban J connectivity index is 2.12. The zero-order valence-electron chi connectivity index (χ0n) is 11.0. The molecule has 98 valence electrons. The van der Waals surface area contributed by atoms with E-state index < -0.39 is 5.97 Å². The number of pyridine rings is 1. The molecule has 0 amide bonds. The second kappa shape index (κ2) is 5.06. The van der Waals surface area contributed by atoms with Crippen LogP contribution in [0.1, 0.15) is 42.7 Å². The lowest BCUT2D eigenvalue weighted by molar-refractivity contribution is 0.0690. The van der Waals surface area contributed by atoms with Crippen LogP contribution in [0.25, 0.3) is 0 Å². The predicted molar refractivity (Wildman–Crippen MR) is 69.5 cm³/mol. The minimum Gasteiger partial charge on any atom is -0.478 e. The third kappa shape index (κ3) is 3.07. The third-order valence-corrected chi connectivity index (χ3v) is 3.47. The number of aromatic nitrogens is 1. The Hall–Kier alpha value is -1.42. The first-order chi connectivity index (χ1) is 8.48. The zero-order chi connectivity index (χ0) is 13.2. The summed E-state index contributed by atoms with van der Waals surface area (Å²) in [7, 11) is 0. The van der Waals surface area contributed by atoms with Crippen LogP contribution < -0.4 is 0 Å². The van der Waals surface area contributed by atoms with Gasteiger partial charge in [0.15, 0.2) is 0 Å². The lowest BCUT2D eigenvalue weighted by Crippen LogP contribution is -2.39. The minimum absolute atomic E-state index is 0.316. The Kier molecular flexibility index (Phi) is 3.66. The molecule has 0 saturated carbocycles. The first-order valence-electron chi connectivity index (χ1n) is 6.37. The number of carboxylic acids is 1. The lowest BCUT2D eigenvalue weighted by Gasteiger charge is -2.38. The standard InChI is InChI=1S/C14H20N2O2/c1-14(2)6-4-8-16(10-14)9-12-11(13(17)18)5-3-7-15-12/h3,5,7H,4,6,8-10H2,1-2H3,(H,17,18).